The molecule has 2 aromatic rings. The summed E-state index contributed by atoms with van der Waals surface area (Å²) >= 11 is 0. The summed E-state index contributed by atoms with van der Waals surface area (Å²) in [6.07, 6.45) is 7.36. The molecule has 1 saturated heterocycles. The van der Waals surface area contributed by atoms with E-state index in [1.807, 2.05) is 0 Å². The van der Waals surface area contributed by atoms with Gasteiger partial charge in [-0.1, -0.05) is 24.6 Å². The fraction of sp³-hybridized carbons (Fsp3) is 0.429. The van der Waals surface area contributed by atoms with E-state index in [0.717, 1.165) is 6.42 Å². The van der Waals surface area contributed by atoms with Crippen molar-refractivity contribution in [3.05, 3.63) is 36.0 Å². The Morgan fingerprint density at radius 1 is 1.19 bits per heavy atom. The molecule has 84 valence electrons. The average Bonchev–Trinajstić information content (AvgIpc) is 2.74. The van der Waals surface area contributed by atoms with Crippen LogP contribution in [0.2, 0.25) is 0 Å². The van der Waals surface area contributed by atoms with Gasteiger partial charge in [0.05, 0.1) is 0 Å². The molecule has 0 radical (unpaired) electrons. The Morgan fingerprint density at radius 2 is 2.12 bits per heavy atom. The maximum absolute atomic E-state index is 3.61. The molecule has 3 rings (SSSR count). The molecular formula is C14H18N2. The number of fused-ring (bicyclic) bond motifs is 1. The van der Waals surface area contributed by atoms with E-state index in [0.29, 0.717) is 6.04 Å². The molecule has 1 aliphatic heterocycles. The lowest BCUT2D eigenvalue weighted by Crippen LogP contribution is -2.35. The number of hydrogen-bond donors (Lipinski definition) is 2. The Labute approximate surface area is 96.1 Å². The maximum Gasteiger partial charge on any atom is 0.0456 e. The predicted molar refractivity (Wildman–Crippen MR) is 67.6 cm³/mol. The standard InChI is InChI=1S/C14H18N2/c1-2-7-14-13(6-1)11(10-16-14)9-12-5-3-4-8-15-12/h1-2,6-7,10,12,15-16H,3-5,8-9H2/t12-/m0/s1. The van der Waals surface area contributed by atoms with Crippen molar-refractivity contribution in [1.82, 2.24) is 10.3 Å². The molecule has 2 nitrogen and oxygen atoms in total. The molecule has 0 unspecified atom stereocenters. The van der Waals surface area contributed by atoms with E-state index in [1.54, 1.807) is 0 Å². The van der Waals surface area contributed by atoms with Crippen LogP contribution < -0.4 is 5.32 Å². The van der Waals surface area contributed by atoms with Gasteiger partial charge in [0.15, 0.2) is 0 Å². The van der Waals surface area contributed by atoms with Gasteiger partial charge in [-0.05, 0) is 37.4 Å². The lowest BCUT2D eigenvalue weighted by molar-refractivity contribution is 0.400. The molecule has 2 heterocycles. The number of H-pyrrole nitrogens is 1. The van der Waals surface area contributed by atoms with Crippen LogP contribution in [-0.4, -0.2) is 17.6 Å². The number of benzene rings is 1. The zero-order valence-electron chi connectivity index (χ0n) is 9.50. The summed E-state index contributed by atoms with van der Waals surface area (Å²) in [4.78, 5) is 3.35. The van der Waals surface area contributed by atoms with Crippen molar-refractivity contribution in [2.24, 2.45) is 0 Å². The van der Waals surface area contributed by atoms with Gasteiger partial charge in [0.25, 0.3) is 0 Å². The number of hydrogen-bond acceptors (Lipinski definition) is 1. The van der Waals surface area contributed by atoms with Crippen LogP contribution in [0, 0.1) is 0 Å². The van der Waals surface area contributed by atoms with Crippen LogP contribution in [0.15, 0.2) is 30.5 Å². The van der Waals surface area contributed by atoms with Crippen molar-refractivity contribution in [3.63, 3.8) is 0 Å². The zero-order valence-corrected chi connectivity index (χ0v) is 9.50. The molecule has 0 spiro atoms. The highest BCUT2D eigenvalue weighted by Crippen LogP contribution is 2.21. The summed E-state index contributed by atoms with van der Waals surface area (Å²) in [5.41, 5.74) is 2.71. The lowest BCUT2D eigenvalue weighted by Gasteiger charge is -2.23. The Kier molecular flexibility index (Phi) is 2.66. The van der Waals surface area contributed by atoms with Gasteiger partial charge < -0.3 is 10.3 Å². The van der Waals surface area contributed by atoms with Crippen LogP contribution in [-0.2, 0) is 6.42 Å². The molecule has 1 aliphatic rings. The highest BCUT2D eigenvalue weighted by Gasteiger charge is 2.14. The smallest absolute Gasteiger partial charge is 0.0456 e. The molecule has 2 N–H and O–H groups in total. The minimum atomic E-state index is 0.674. The van der Waals surface area contributed by atoms with Crippen LogP contribution in [0.25, 0.3) is 10.9 Å². The summed E-state index contributed by atoms with van der Waals surface area (Å²) in [7, 11) is 0. The van der Waals surface area contributed by atoms with Crippen LogP contribution in [0.1, 0.15) is 24.8 Å². The van der Waals surface area contributed by atoms with Gasteiger partial charge in [0.1, 0.15) is 0 Å². The molecule has 1 aromatic heterocycles. The lowest BCUT2D eigenvalue weighted by atomic mass is 9.97. The van der Waals surface area contributed by atoms with Gasteiger partial charge in [0, 0.05) is 23.1 Å². The first kappa shape index (κ1) is 9.91. The molecule has 1 aromatic carbocycles. The number of para-hydroxylation sites is 1. The molecule has 0 bridgehead atoms. The summed E-state index contributed by atoms with van der Waals surface area (Å²) in [5.74, 6) is 0. The van der Waals surface area contributed by atoms with Crippen molar-refractivity contribution >= 4 is 10.9 Å². The first-order chi connectivity index (χ1) is 7.93. The second-order valence-corrected chi connectivity index (χ2v) is 4.71. The largest absolute Gasteiger partial charge is 0.361 e. The average molecular weight is 214 g/mol. The molecule has 0 aliphatic carbocycles. The van der Waals surface area contributed by atoms with Gasteiger partial charge in [-0.25, -0.2) is 0 Å². The van der Waals surface area contributed by atoms with Crippen LogP contribution >= 0.6 is 0 Å². The zero-order chi connectivity index (χ0) is 10.8. The Bertz CT molecular complexity index is 466. The van der Waals surface area contributed by atoms with Gasteiger partial charge in [0.2, 0.25) is 0 Å². The Hall–Kier alpha value is -1.28. The summed E-state index contributed by atoms with van der Waals surface area (Å²) in [5, 5.41) is 4.99. The topological polar surface area (TPSA) is 27.8 Å². The minimum Gasteiger partial charge on any atom is -0.361 e. The van der Waals surface area contributed by atoms with E-state index < -0.39 is 0 Å². The summed E-state index contributed by atoms with van der Waals surface area (Å²) < 4.78 is 0. The first-order valence-corrected chi connectivity index (χ1v) is 6.22. The number of rotatable bonds is 2. The van der Waals surface area contributed by atoms with Crippen LogP contribution in [0.3, 0.4) is 0 Å². The number of aromatic nitrogens is 1. The van der Waals surface area contributed by atoms with E-state index in [-0.39, 0.29) is 0 Å². The molecular weight excluding hydrogens is 196 g/mol. The SMILES string of the molecule is c1ccc2c(C[C@@H]3CCCCN3)c[nH]c2c1. The van der Waals surface area contributed by atoms with Crippen molar-refractivity contribution < 1.29 is 0 Å². The van der Waals surface area contributed by atoms with Gasteiger partial charge in [-0.15, -0.1) is 0 Å². The third-order valence-corrected chi connectivity index (χ3v) is 3.55. The monoisotopic (exact) mass is 214 g/mol. The van der Waals surface area contributed by atoms with E-state index >= 15 is 0 Å². The first-order valence-electron chi connectivity index (χ1n) is 6.22. The third kappa shape index (κ3) is 1.85. The number of piperidine rings is 1. The second-order valence-electron chi connectivity index (χ2n) is 4.71. The molecule has 1 atom stereocenters. The van der Waals surface area contributed by atoms with E-state index in [4.69, 9.17) is 0 Å². The normalized spacial score (nSPS) is 21.4. The summed E-state index contributed by atoms with van der Waals surface area (Å²) in [6, 6.07) is 9.24. The molecule has 1 fully saturated rings. The third-order valence-electron chi connectivity index (χ3n) is 3.55. The van der Waals surface area contributed by atoms with Crippen molar-refractivity contribution in [2.45, 2.75) is 31.7 Å². The van der Waals surface area contributed by atoms with E-state index in [9.17, 15) is 0 Å². The summed E-state index contributed by atoms with van der Waals surface area (Å²) in [6.45, 7) is 1.19. The number of aromatic amines is 1. The van der Waals surface area contributed by atoms with Gasteiger partial charge in [-0.2, -0.15) is 0 Å². The predicted octanol–water partition coefficient (Wildman–Crippen LogP) is 2.85. The second kappa shape index (κ2) is 4.30. The van der Waals surface area contributed by atoms with Crippen LogP contribution in [0.5, 0.6) is 0 Å². The molecule has 16 heavy (non-hydrogen) atoms. The van der Waals surface area contributed by atoms with Crippen LogP contribution in [0.4, 0.5) is 0 Å². The van der Waals surface area contributed by atoms with Crippen molar-refractivity contribution in [2.75, 3.05) is 6.54 Å². The maximum atomic E-state index is 3.61. The van der Waals surface area contributed by atoms with Crippen molar-refractivity contribution in [1.29, 1.82) is 0 Å². The fourth-order valence-corrected chi connectivity index (χ4v) is 2.66. The fourth-order valence-electron chi connectivity index (χ4n) is 2.66. The van der Waals surface area contributed by atoms with E-state index in [2.05, 4.69) is 40.8 Å². The molecule has 2 heteroatoms. The Morgan fingerprint density at radius 3 is 3.00 bits per heavy atom. The molecule has 0 saturated carbocycles. The Balaban J connectivity index is 1.83. The molecule has 0 amide bonds. The van der Waals surface area contributed by atoms with E-state index in [1.165, 1.54) is 42.3 Å². The quantitative estimate of drug-likeness (QED) is 0.790. The number of nitrogens with one attached hydrogen (secondary N) is 2. The highest BCUT2D eigenvalue weighted by molar-refractivity contribution is 5.83. The van der Waals surface area contributed by atoms with Crippen molar-refractivity contribution in [3.8, 4) is 0 Å². The van der Waals surface area contributed by atoms with Gasteiger partial charge >= 0.3 is 0 Å². The minimum absolute atomic E-state index is 0.674. The highest BCUT2D eigenvalue weighted by atomic mass is 14.9. The van der Waals surface area contributed by atoms with Gasteiger partial charge in [-0.3, -0.25) is 0 Å².